The highest BCUT2D eigenvalue weighted by atomic mass is 32.1. The Kier molecular flexibility index (Phi) is 6.36. The van der Waals surface area contributed by atoms with Crippen LogP contribution in [0.25, 0.3) is 23.2 Å². The SMILES string of the molecule is COc1cc(/C=c2\sc3nc(/C=C/c4ccc(F)cc4)nn3c2=O)ccc1OCc1ccccc1. The number of benzene rings is 3. The molecule has 8 heteroatoms. The number of ether oxygens (including phenoxy) is 2. The zero-order valence-electron chi connectivity index (χ0n) is 18.7. The van der Waals surface area contributed by atoms with Crippen molar-refractivity contribution in [2.75, 3.05) is 7.11 Å². The van der Waals surface area contributed by atoms with E-state index in [1.165, 1.54) is 28.0 Å². The zero-order valence-corrected chi connectivity index (χ0v) is 19.5. The monoisotopic (exact) mass is 485 g/mol. The zero-order chi connectivity index (χ0) is 24.2. The lowest BCUT2D eigenvalue weighted by Gasteiger charge is -2.11. The highest BCUT2D eigenvalue weighted by molar-refractivity contribution is 7.15. The number of hydrogen-bond donors (Lipinski definition) is 0. The Morgan fingerprint density at radius 2 is 1.74 bits per heavy atom. The van der Waals surface area contributed by atoms with Crippen LogP contribution in [0, 0.1) is 5.82 Å². The van der Waals surface area contributed by atoms with E-state index >= 15 is 0 Å². The third-order valence-electron chi connectivity index (χ3n) is 5.22. The molecule has 0 fully saturated rings. The van der Waals surface area contributed by atoms with E-state index in [4.69, 9.17) is 9.47 Å². The Morgan fingerprint density at radius 1 is 0.971 bits per heavy atom. The van der Waals surface area contributed by atoms with Gasteiger partial charge in [-0.3, -0.25) is 4.79 Å². The van der Waals surface area contributed by atoms with Gasteiger partial charge >= 0.3 is 0 Å². The van der Waals surface area contributed by atoms with Crippen LogP contribution in [0.1, 0.15) is 22.5 Å². The van der Waals surface area contributed by atoms with Gasteiger partial charge in [-0.05, 0) is 53.1 Å². The second kappa shape index (κ2) is 9.90. The molecule has 0 saturated carbocycles. The fraction of sp³-hybridized carbons (Fsp3) is 0.0741. The second-order valence-corrected chi connectivity index (χ2v) is 8.66. The van der Waals surface area contributed by atoms with Crippen molar-refractivity contribution in [3.63, 3.8) is 0 Å². The van der Waals surface area contributed by atoms with Gasteiger partial charge in [0.25, 0.3) is 5.56 Å². The van der Waals surface area contributed by atoms with Crippen LogP contribution in [0.5, 0.6) is 11.5 Å². The summed E-state index contributed by atoms with van der Waals surface area (Å²) in [5, 5.41) is 4.29. The van der Waals surface area contributed by atoms with Gasteiger partial charge in [0.05, 0.1) is 11.6 Å². The first-order valence-corrected chi connectivity index (χ1v) is 11.6. The average Bonchev–Trinajstić information content (AvgIpc) is 3.41. The van der Waals surface area contributed by atoms with Gasteiger partial charge in [-0.2, -0.15) is 9.50 Å². The maximum absolute atomic E-state index is 13.0. The molecular formula is C27H20FN3O3S. The Balaban J connectivity index is 1.37. The van der Waals surface area contributed by atoms with Crippen LogP contribution in [-0.2, 0) is 6.61 Å². The minimum absolute atomic E-state index is 0.248. The van der Waals surface area contributed by atoms with Gasteiger partial charge in [0, 0.05) is 0 Å². The first-order valence-electron chi connectivity index (χ1n) is 10.8. The summed E-state index contributed by atoms with van der Waals surface area (Å²) in [5.74, 6) is 1.31. The molecule has 0 aliphatic heterocycles. The minimum atomic E-state index is -0.297. The molecule has 0 amide bonds. The van der Waals surface area contributed by atoms with Crippen LogP contribution in [0.2, 0.25) is 0 Å². The molecule has 0 aliphatic carbocycles. The number of fused-ring (bicyclic) bond motifs is 1. The highest BCUT2D eigenvalue weighted by Gasteiger charge is 2.10. The molecule has 2 aromatic heterocycles. The van der Waals surface area contributed by atoms with Crippen molar-refractivity contribution in [3.8, 4) is 11.5 Å². The van der Waals surface area contributed by atoms with Crippen LogP contribution >= 0.6 is 11.3 Å². The van der Waals surface area contributed by atoms with Gasteiger partial charge in [0.2, 0.25) is 4.96 Å². The maximum atomic E-state index is 13.0. The lowest BCUT2D eigenvalue weighted by molar-refractivity contribution is 0.284. The topological polar surface area (TPSA) is 65.7 Å². The van der Waals surface area contributed by atoms with Crippen molar-refractivity contribution >= 4 is 34.5 Å². The normalized spacial score (nSPS) is 12.0. The van der Waals surface area contributed by atoms with Crippen LogP contribution in [0.3, 0.4) is 0 Å². The first-order chi connectivity index (χ1) is 17.1. The van der Waals surface area contributed by atoms with Crippen LogP contribution < -0.4 is 19.6 Å². The van der Waals surface area contributed by atoms with Crippen molar-refractivity contribution in [1.82, 2.24) is 14.6 Å². The van der Waals surface area contributed by atoms with Gasteiger partial charge in [0.1, 0.15) is 12.4 Å². The molecule has 0 saturated heterocycles. The number of nitrogens with zero attached hydrogens (tertiary/aromatic N) is 3. The number of hydrogen-bond acceptors (Lipinski definition) is 6. The first kappa shape index (κ1) is 22.5. The van der Waals surface area contributed by atoms with E-state index in [1.807, 2.05) is 48.5 Å². The maximum Gasteiger partial charge on any atom is 0.291 e. The van der Waals surface area contributed by atoms with Gasteiger partial charge in [-0.25, -0.2) is 4.39 Å². The molecule has 3 aromatic carbocycles. The van der Waals surface area contributed by atoms with Gasteiger partial charge < -0.3 is 9.47 Å². The minimum Gasteiger partial charge on any atom is -0.493 e. The van der Waals surface area contributed by atoms with Crippen LogP contribution in [0.15, 0.2) is 77.6 Å². The fourth-order valence-corrected chi connectivity index (χ4v) is 4.36. The Labute approximate surface area is 204 Å². The summed E-state index contributed by atoms with van der Waals surface area (Å²) in [6, 6.07) is 21.5. The largest absolute Gasteiger partial charge is 0.493 e. The summed E-state index contributed by atoms with van der Waals surface area (Å²) in [7, 11) is 1.58. The molecule has 5 aromatic rings. The standard InChI is InChI=1S/C27H20FN3O3S/c1-33-23-15-20(9-13-22(23)34-17-19-5-3-2-4-6-19)16-24-26(32)31-27(35-24)29-25(30-31)14-10-18-7-11-21(28)12-8-18/h2-16H,17H2,1H3/b14-10+,24-16-. The van der Waals surface area contributed by atoms with Crippen LogP contribution in [0.4, 0.5) is 4.39 Å². The highest BCUT2D eigenvalue weighted by Crippen LogP contribution is 2.29. The van der Waals surface area contributed by atoms with Crippen molar-refractivity contribution in [3.05, 3.63) is 116 Å². The van der Waals surface area contributed by atoms with Gasteiger partial charge in [-0.1, -0.05) is 65.9 Å². The molecule has 0 N–H and O–H groups in total. The number of thiazole rings is 1. The quantitative estimate of drug-likeness (QED) is 0.337. The molecule has 6 nitrogen and oxygen atoms in total. The van der Waals surface area contributed by atoms with Crippen LogP contribution in [-0.4, -0.2) is 21.7 Å². The van der Waals surface area contributed by atoms with Crippen molar-refractivity contribution < 1.29 is 13.9 Å². The molecule has 35 heavy (non-hydrogen) atoms. The van der Waals surface area contributed by atoms with Crippen molar-refractivity contribution in [2.24, 2.45) is 0 Å². The predicted octanol–water partition coefficient (Wildman–Crippen LogP) is 4.60. The lowest BCUT2D eigenvalue weighted by Crippen LogP contribution is -2.23. The molecule has 2 heterocycles. The third kappa shape index (κ3) is 5.12. The summed E-state index contributed by atoms with van der Waals surface area (Å²) >= 11 is 1.25. The molecular weight excluding hydrogens is 465 g/mol. The summed E-state index contributed by atoms with van der Waals surface area (Å²) in [6.45, 7) is 0.427. The van der Waals surface area contributed by atoms with E-state index in [0.717, 1.165) is 16.7 Å². The van der Waals surface area contributed by atoms with E-state index in [0.29, 0.717) is 33.4 Å². The Bertz CT molecular complexity index is 1610. The average molecular weight is 486 g/mol. The summed E-state index contributed by atoms with van der Waals surface area (Å²) in [5.41, 5.74) is 2.42. The van der Waals surface area contributed by atoms with Gasteiger partial charge in [0.15, 0.2) is 17.3 Å². The Morgan fingerprint density at radius 3 is 2.49 bits per heavy atom. The molecule has 0 radical (unpaired) electrons. The fourth-order valence-electron chi connectivity index (χ4n) is 3.44. The molecule has 0 aliphatic rings. The van der Waals surface area contributed by atoms with Gasteiger partial charge in [-0.15, -0.1) is 5.10 Å². The number of aromatic nitrogens is 3. The van der Waals surface area contributed by atoms with E-state index in [1.54, 1.807) is 37.5 Å². The smallest absolute Gasteiger partial charge is 0.291 e. The number of methoxy groups -OCH3 is 1. The molecule has 0 unspecified atom stereocenters. The summed E-state index contributed by atoms with van der Waals surface area (Å²) < 4.78 is 26.2. The molecule has 174 valence electrons. The molecule has 5 rings (SSSR count). The number of halogens is 1. The third-order valence-corrected chi connectivity index (χ3v) is 6.17. The van der Waals surface area contributed by atoms with E-state index in [2.05, 4.69) is 10.1 Å². The van der Waals surface area contributed by atoms with E-state index < -0.39 is 0 Å². The predicted molar refractivity (Wildman–Crippen MR) is 135 cm³/mol. The molecule has 0 spiro atoms. The summed E-state index contributed by atoms with van der Waals surface area (Å²) in [4.78, 5) is 17.8. The van der Waals surface area contributed by atoms with E-state index in [-0.39, 0.29) is 11.4 Å². The molecule has 0 atom stereocenters. The number of rotatable bonds is 7. The molecule has 0 bridgehead atoms. The lowest BCUT2D eigenvalue weighted by atomic mass is 10.2. The van der Waals surface area contributed by atoms with Crippen molar-refractivity contribution in [1.29, 1.82) is 0 Å². The van der Waals surface area contributed by atoms with E-state index in [9.17, 15) is 9.18 Å². The second-order valence-electron chi connectivity index (χ2n) is 7.65. The van der Waals surface area contributed by atoms with Crippen molar-refractivity contribution in [2.45, 2.75) is 6.61 Å². The Hall–Kier alpha value is -4.30. The summed E-state index contributed by atoms with van der Waals surface area (Å²) in [6.07, 6.45) is 5.24.